The Kier molecular flexibility index (Phi) is 5.82. The molecule has 0 amide bonds. The molecule has 0 N–H and O–H groups in total. The van der Waals surface area contributed by atoms with Crippen LogP contribution in [-0.2, 0) is 0 Å². The molecule has 3 nitrogen and oxygen atoms in total. The molecule has 210 valence electrons. The monoisotopic (exact) mass is 573 g/mol. The van der Waals surface area contributed by atoms with E-state index in [1.165, 1.54) is 27.2 Å². The van der Waals surface area contributed by atoms with Gasteiger partial charge in [0.2, 0.25) is 0 Å². The van der Waals surface area contributed by atoms with E-state index in [1.807, 2.05) is 6.07 Å². The molecular formula is C42H27N3. The maximum absolute atomic E-state index is 5.21. The highest BCUT2D eigenvalue weighted by Crippen LogP contribution is 2.36. The van der Waals surface area contributed by atoms with Gasteiger partial charge >= 0.3 is 0 Å². The zero-order valence-corrected chi connectivity index (χ0v) is 24.4. The number of fused-ring (bicyclic) bond motifs is 6. The first-order valence-corrected chi connectivity index (χ1v) is 15.3. The van der Waals surface area contributed by atoms with Gasteiger partial charge in [0, 0.05) is 38.4 Å². The van der Waals surface area contributed by atoms with E-state index < -0.39 is 0 Å². The lowest BCUT2D eigenvalue weighted by Gasteiger charge is -2.13. The zero-order chi connectivity index (χ0) is 29.7. The fraction of sp³-hybridized carbons (Fsp3) is 0. The Labute approximate surface area is 260 Å². The quantitative estimate of drug-likeness (QED) is 0.196. The van der Waals surface area contributed by atoms with Crippen LogP contribution in [-0.4, -0.2) is 14.5 Å². The summed E-state index contributed by atoms with van der Waals surface area (Å²) in [5.41, 5.74) is 9.79. The summed E-state index contributed by atoms with van der Waals surface area (Å²) in [6.45, 7) is 0. The largest absolute Gasteiger partial charge is 0.309 e. The third kappa shape index (κ3) is 4.21. The van der Waals surface area contributed by atoms with Crippen LogP contribution >= 0.6 is 0 Å². The second kappa shape index (κ2) is 10.3. The molecule has 0 unspecified atom stereocenters. The van der Waals surface area contributed by atoms with Crippen LogP contribution in [0.4, 0.5) is 0 Å². The molecule has 0 fully saturated rings. The van der Waals surface area contributed by atoms with E-state index in [-0.39, 0.29) is 0 Å². The summed E-state index contributed by atoms with van der Waals surface area (Å²) in [7, 11) is 0. The van der Waals surface area contributed by atoms with Crippen molar-refractivity contribution in [2.24, 2.45) is 0 Å². The van der Waals surface area contributed by atoms with Crippen molar-refractivity contribution in [1.29, 1.82) is 0 Å². The van der Waals surface area contributed by atoms with Crippen LogP contribution in [0.15, 0.2) is 164 Å². The lowest BCUT2D eigenvalue weighted by atomic mass is 10.00. The van der Waals surface area contributed by atoms with Crippen molar-refractivity contribution in [1.82, 2.24) is 14.5 Å². The number of para-hydroxylation sites is 2. The second-order valence-electron chi connectivity index (χ2n) is 11.4. The van der Waals surface area contributed by atoms with E-state index in [0.29, 0.717) is 0 Å². The minimum Gasteiger partial charge on any atom is -0.309 e. The first kappa shape index (κ1) is 25.4. The molecule has 45 heavy (non-hydrogen) atoms. The lowest BCUT2D eigenvalue weighted by molar-refractivity contribution is 1.18. The molecule has 0 aliphatic carbocycles. The molecule has 0 saturated carbocycles. The highest BCUT2D eigenvalue weighted by atomic mass is 15.0. The van der Waals surface area contributed by atoms with E-state index in [4.69, 9.17) is 9.97 Å². The fourth-order valence-electron chi connectivity index (χ4n) is 6.67. The molecular weight excluding hydrogens is 546 g/mol. The van der Waals surface area contributed by atoms with Crippen molar-refractivity contribution in [3.8, 4) is 39.5 Å². The van der Waals surface area contributed by atoms with Crippen molar-refractivity contribution in [3.05, 3.63) is 164 Å². The second-order valence-corrected chi connectivity index (χ2v) is 11.4. The molecule has 0 spiro atoms. The molecule has 2 heterocycles. The van der Waals surface area contributed by atoms with Crippen LogP contribution in [0.1, 0.15) is 0 Å². The maximum Gasteiger partial charge on any atom is 0.160 e. The van der Waals surface area contributed by atoms with Crippen molar-refractivity contribution in [2.45, 2.75) is 0 Å². The highest BCUT2D eigenvalue weighted by molar-refractivity contribution is 6.10. The summed E-state index contributed by atoms with van der Waals surface area (Å²) in [5, 5.41) is 5.88. The Balaban J connectivity index is 1.21. The lowest BCUT2D eigenvalue weighted by Crippen LogP contribution is -1.96. The smallest absolute Gasteiger partial charge is 0.160 e. The minimum absolute atomic E-state index is 0.720. The molecule has 0 aliphatic heterocycles. The zero-order valence-electron chi connectivity index (χ0n) is 24.4. The Morgan fingerprint density at radius 3 is 1.76 bits per heavy atom. The van der Waals surface area contributed by atoms with Gasteiger partial charge in [0.15, 0.2) is 5.82 Å². The third-order valence-corrected chi connectivity index (χ3v) is 8.78. The van der Waals surface area contributed by atoms with Crippen LogP contribution in [0.25, 0.3) is 82.9 Å². The van der Waals surface area contributed by atoms with Gasteiger partial charge in [-0.05, 0) is 52.9 Å². The highest BCUT2D eigenvalue weighted by Gasteiger charge is 2.15. The van der Waals surface area contributed by atoms with E-state index in [1.54, 1.807) is 0 Å². The third-order valence-electron chi connectivity index (χ3n) is 8.78. The molecule has 9 rings (SSSR count). The van der Waals surface area contributed by atoms with E-state index in [9.17, 15) is 0 Å². The molecule has 2 aromatic heterocycles. The molecule has 9 aromatic rings. The summed E-state index contributed by atoms with van der Waals surface area (Å²) < 4.78 is 2.36. The molecule has 0 atom stereocenters. The van der Waals surface area contributed by atoms with Crippen LogP contribution < -0.4 is 0 Å². The van der Waals surface area contributed by atoms with Gasteiger partial charge in [-0.1, -0.05) is 127 Å². The van der Waals surface area contributed by atoms with E-state index in [2.05, 4.69) is 162 Å². The average molecular weight is 574 g/mol. The van der Waals surface area contributed by atoms with E-state index >= 15 is 0 Å². The van der Waals surface area contributed by atoms with Gasteiger partial charge in [0.25, 0.3) is 0 Å². The molecule has 7 aromatic carbocycles. The molecule has 0 aliphatic rings. The summed E-state index contributed by atoms with van der Waals surface area (Å²) in [6.07, 6.45) is 0. The fourth-order valence-corrected chi connectivity index (χ4v) is 6.67. The standard InChI is InChI=1S/C42H27N3/c1-2-13-29(14-3-1)40-37-25-24-28-12-4-5-19-34(28)41(37)44-42(43-40)32-17-10-15-30(26-32)31-16-11-18-33(27-31)45-38-22-8-6-20-35(38)36-21-7-9-23-39(36)45/h1-27H. The van der Waals surface area contributed by atoms with Gasteiger partial charge in [0.05, 0.1) is 22.2 Å². The van der Waals surface area contributed by atoms with Crippen LogP contribution in [0.5, 0.6) is 0 Å². The topological polar surface area (TPSA) is 30.7 Å². The summed E-state index contributed by atoms with van der Waals surface area (Å²) >= 11 is 0. The van der Waals surface area contributed by atoms with Crippen LogP contribution in [0, 0.1) is 0 Å². The first-order chi connectivity index (χ1) is 22.3. The normalized spacial score (nSPS) is 11.6. The molecule has 3 heteroatoms. The average Bonchev–Trinajstić information content (AvgIpc) is 3.46. The summed E-state index contributed by atoms with van der Waals surface area (Å²) in [4.78, 5) is 10.4. The summed E-state index contributed by atoms with van der Waals surface area (Å²) in [6, 6.07) is 57.9. The summed E-state index contributed by atoms with van der Waals surface area (Å²) in [5.74, 6) is 0.720. The number of hydrogen-bond acceptors (Lipinski definition) is 2. The number of nitrogens with zero attached hydrogens (tertiary/aromatic N) is 3. The van der Waals surface area contributed by atoms with Crippen molar-refractivity contribution >= 4 is 43.5 Å². The van der Waals surface area contributed by atoms with Crippen molar-refractivity contribution in [2.75, 3.05) is 0 Å². The Bertz CT molecular complexity index is 2490. The van der Waals surface area contributed by atoms with Crippen molar-refractivity contribution in [3.63, 3.8) is 0 Å². The van der Waals surface area contributed by atoms with Gasteiger partial charge < -0.3 is 4.57 Å². The van der Waals surface area contributed by atoms with Gasteiger partial charge in [-0.2, -0.15) is 0 Å². The molecule has 0 bridgehead atoms. The molecule has 0 saturated heterocycles. The van der Waals surface area contributed by atoms with Gasteiger partial charge in [-0.3, -0.25) is 0 Å². The Morgan fingerprint density at radius 1 is 0.378 bits per heavy atom. The number of hydrogen-bond donors (Lipinski definition) is 0. The minimum atomic E-state index is 0.720. The predicted octanol–water partition coefficient (Wildman–Crippen LogP) is 10.9. The van der Waals surface area contributed by atoms with Gasteiger partial charge in [0.1, 0.15) is 0 Å². The first-order valence-electron chi connectivity index (χ1n) is 15.3. The SMILES string of the molecule is c1ccc(-c2nc(-c3cccc(-c4cccc(-n5c6ccccc6c6ccccc65)c4)c3)nc3c2ccc2ccccc23)cc1. The van der Waals surface area contributed by atoms with Crippen LogP contribution in [0.2, 0.25) is 0 Å². The maximum atomic E-state index is 5.21. The van der Waals surface area contributed by atoms with Crippen molar-refractivity contribution < 1.29 is 0 Å². The predicted molar refractivity (Wildman–Crippen MR) is 188 cm³/mol. The van der Waals surface area contributed by atoms with Gasteiger partial charge in [-0.25, -0.2) is 9.97 Å². The number of aromatic nitrogens is 3. The molecule has 0 radical (unpaired) electrons. The Hall–Kier alpha value is -6.06. The van der Waals surface area contributed by atoms with Gasteiger partial charge in [-0.15, -0.1) is 0 Å². The number of benzene rings is 7. The van der Waals surface area contributed by atoms with E-state index in [0.717, 1.165) is 55.7 Å². The number of rotatable bonds is 4. The van der Waals surface area contributed by atoms with Crippen LogP contribution in [0.3, 0.4) is 0 Å². The Morgan fingerprint density at radius 2 is 0.978 bits per heavy atom.